The highest BCUT2D eigenvalue weighted by atomic mass is 16.6. The molecule has 0 aliphatic carbocycles. The second kappa shape index (κ2) is 3.71. The van der Waals surface area contributed by atoms with Gasteiger partial charge in [-0.2, -0.15) is 0 Å². The summed E-state index contributed by atoms with van der Waals surface area (Å²) < 4.78 is 0. The van der Waals surface area contributed by atoms with E-state index in [1.807, 2.05) is 0 Å². The van der Waals surface area contributed by atoms with E-state index in [0.717, 1.165) is 25.3 Å². The summed E-state index contributed by atoms with van der Waals surface area (Å²) in [5, 5.41) is 10.4. The maximum absolute atomic E-state index is 10.4. The lowest BCUT2D eigenvalue weighted by atomic mass is 10.2. The molecule has 0 atom stereocenters. The number of pyridine rings is 1. The van der Waals surface area contributed by atoms with Crippen molar-refractivity contribution < 1.29 is 4.92 Å². The minimum atomic E-state index is -0.430. The zero-order valence-electron chi connectivity index (χ0n) is 7.72. The predicted molar refractivity (Wildman–Crippen MR) is 50.8 cm³/mol. The molecule has 1 aromatic heterocycles. The van der Waals surface area contributed by atoms with Gasteiger partial charge in [0.25, 0.3) is 5.69 Å². The predicted octanol–water partition coefficient (Wildman–Crippen LogP) is 1.20. The van der Waals surface area contributed by atoms with Gasteiger partial charge < -0.3 is 0 Å². The van der Waals surface area contributed by atoms with Gasteiger partial charge >= 0.3 is 0 Å². The number of nitro groups is 1. The van der Waals surface area contributed by atoms with E-state index in [2.05, 4.69) is 9.88 Å². The lowest BCUT2D eigenvalue weighted by Gasteiger charge is -2.30. The van der Waals surface area contributed by atoms with Gasteiger partial charge in [-0.3, -0.25) is 20.0 Å². The molecule has 1 aromatic rings. The van der Waals surface area contributed by atoms with Crippen LogP contribution in [0.15, 0.2) is 18.3 Å². The summed E-state index contributed by atoms with van der Waals surface area (Å²) in [7, 11) is 0. The molecule has 0 bridgehead atoms. The molecule has 1 saturated heterocycles. The van der Waals surface area contributed by atoms with Crippen molar-refractivity contribution in [1.29, 1.82) is 0 Å². The summed E-state index contributed by atoms with van der Waals surface area (Å²) in [6, 6.07) is 3.22. The summed E-state index contributed by atoms with van der Waals surface area (Å²) in [6.45, 7) is 3.02. The fraction of sp³-hybridized carbons (Fsp3) is 0.444. The van der Waals surface area contributed by atoms with Crippen molar-refractivity contribution in [2.45, 2.75) is 13.0 Å². The lowest BCUT2D eigenvalue weighted by Crippen LogP contribution is -2.36. The van der Waals surface area contributed by atoms with Crippen molar-refractivity contribution >= 4 is 5.69 Å². The molecule has 5 heteroatoms. The van der Waals surface area contributed by atoms with Gasteiger partial charge in [-0.25, -0.2) is 0 Å². The number of hydrogen-bond donors (Lipinski definition) is 0. The maximum Gasteiger partial charge on any atom is 0.287 e. The normalized spacial score (nSPS) is 16.3. The number of hydrogen-bond acceptors (Lipinski definition) is 4. The van der Waals surface area contributed by atoms with Crippen LogP contribution in [-0.4, -0.2) is 27.9 Å². The van der Waals surface area contributed by atoms with Crippen molar-refractivity contribution in [1.82, 2.24) is 9.88 Å². The number of aromatic nitrogens is 1. The van der Waals surface area contributed by atoms with E-state index in [1.165, 1.54) is 18.7 Å². The van der Waals surface area contributed by atoms with Crippen molar-refractivity contribution in [3.8, 4) is 0 Å². The van der Waals surface area contributed by atoms with Gasteiger partial charge in [0.1, 0.15) is 6.20 Å². The highest BCUT2D eigenvalue weighted by molar-refractivity contribution is 5.26. The molecule has 0 aromatic carbocycles. The Bertz CT molecular complexity index is 332. The lowest BCUT2D eigenvalue weighted by molar-refractivity contribution is -0.385. The molecule has 2 rings (SSSR count). The zero-order chi connectivity index (χ0) is 9.97. The van der Waals surface area contributed by atoms with Crippen LogP contribution in [0.5, 0.6) is 0 Å². The van der Waals surface area contributed by atoms with Gasteiger partial charge in [0, 0.05) is 12.6 Å². The second-order valence-corrected chi connectivity index (χ2v) is 3.39. The average molecular weight is 193 g/mol. The molecule has 0 unspecified atom stereocenters. The van der Waals surface area contributed by atoms with Crippen molar-refractivity contribution in [2.75, 3.05) is 13.1 Å². The number of rotatable bonds is 3. The molecular weight excluding hydrogens is 182 g/mol. The van der Waals surface area contributed by atoms with Gasteiger partial charge in [-0.05, 0) is 25.6 Å². The molecule has 1 aliphatic heterocycles. The van der Waals surface area contributed by atoms with Crippen molar-refractivity contribution in [3.05, 3.63) is 34.1 Å². The first-order valence-electron chi connectivity index (χ1n) is 4.57. The van der Waals surface area contributed by atoms with Crippen LogP contribution in [-0.2, 0) is 6.54 Å². The van der Waals surface area contributed by atoms with Crippen LogP contribution in [0.2, 0.25) is 0 Å². The second-order valence-electron chi connectivity index (χ2n) is 3.39. The Labute approximate surface area is 81.5 Å². The van der Waals surface area contributed by atoms with Gasteiger partial charge in [0.15, 0.2) is 0 Å². The number of likely N-dealkylation sites (tertiary alicyclic amines) is 1. The Morgan fingerprint density at radius 3 is 2.71 bits per heavy atom. The van der Waals surface area contributed by atoms with E-state index < -0.39 is 4.92 Å². The molecule has 1 aliphatic rings. The Balaban J connectivity index is 2.01. The Morgan fingerprint density at radius 1 is 1.50 bits per heavy atom. The minimum absolute atomic E-state index is 0.0531. The van der Waals surface area contributed by atoms with E-state index in [1.54, 1.807) is 6.07 Å². The third-order valence-corrected chi connectivity index (χ3v) is 2.35. The summed E-state index contributed by atoms with van der Waals surface area (Å²) in [6.07, 6.45) is 2.56. The van der Waals surface area contributed by atoms with Crippen LogP contribution < -0.4 is 0 Å². The molecule has 2 heterocycles. The van der Waals surface area contributed by atoms with Crippen LogP contribution >= 0.6 is 0 Å². The quantitative estimate of drug-likeness (QED) is 0.534. The Hall–Kier alpha value is -1.49. The standard InChI is InChI=1S/C9H11N3O2/c13-12(14)9-3-2-8(10-6-9)7-11-4-1-5-11/h2-3,6H,1,4-5,7H2. The molecule has 5 nitrogen and oxygen atoms in total. The molecule has 0 saturated carbocycles. The van der Waals surface area contributed by atoms with Gasteiger partial charge in [-0.15, -0.1) is 0 Å². The van der Waals surface area contributed by atoms with Crippen molar-refractivity contribution in [3.63, 3.8) is 0 Å². The third kappa shape index (κ3) is 1.88. The topological polar surface area (TPSA) is 59.3 Å². The minimum Gasteiger partial charge on any atom is -0.297 e. The van der Waals surface area contributed by atoms with Crippen molar-refractivity contribution in [2.24, 2.45) is 0 Å². The maximum atomic E-state index is 10.4. The van der Waals surface area contributed by atoms with E-state index in [-0.39, 0.29) is 5.69 Å². The Kier molecular flexibility index (Phi) is 2.41. The highest BCUT2D eigenvalue weighted by Crippen LogP contribution is 2.13. The fourth-order valence-electron chi connectivity index (χ4n) is 1.39. The first-order valence-corrected chi connectivity index (χ1v) is 4.57. The van der Waals surface area contributed by atoms with Crippen LogP contribution in [0.1, 0.15) is 12.1 Å². The SMILES string of the molecule is O=[N+]([O-])c1ccc(CN2CCC2)nc1. The van der Waals surface area contributed by atoms with Gasteiger partial charge in [-0.1, -0.05) is 0 Å². The Morgan fingerprint density at radius 2 is 2.29 bits per heavy atom. The highest BCUT2D eigenvalue weighted by Gasteiger charge is 2.14. The summed E-state index contributed by atoms with van der Waals surface area (Å²) in [4.78, 5) is 16.2. The summed E-state index contributed by atoms with van der Waals surface area (Å²) in [5.74, 6) is 0. The molecule has 1 fully saturated rings. The van der Waals surface area contributed by atoms with Gasteiger partial charge in [0.05, 0.1) is 10.6 Å². The van der Waals surface area contributed by atoms with Crippen LogP contribution in [0.25, 0.3) is 0 Å². The smallest absolute Gasteiger partial charge is 0.287 e. The van der Waals surface area contributed by atoms with E-state index in [0.29, 0.717) is 0 Å². The summed E-state index contributed by atoms with van der Waals surface area (Å²) >= 11 is 0. The molecule has 0 amide bonds. The molecule has 74 valence electrons. The molecule has 0 radical (unpaired) electrons. The van der Waals surface area contributed by atoms with Crippen LogP contribution in [0.4, 0.5) is 5.69 Å². The van der Waals surface area contributed by atoms with E-state index >= 15 is 0 Å². The van der Waals surface area contributed by atoms with E-state index in [4.69, 9.17) is 0 Å². The third-order valence-electron chi connectivity index (χ3n) is 2.35. The largest absolute Gasteiger partial charge is 0.297 e. The molecule has 14 heavy (non-hydrogen) atoms. The zero-order valence-corrected chi connectivity index (χ0v) is 7.72. The van der Waals surface area contributed by atoms with Gasteiger partial charge in [0.2, 0.25) is 0 Å². The monoisotopic (exact) mass is 193 g/mol. The van der Waals surface area contributed by atoms with Crippen LogP contribution in [0, 0.1) is 10.1 Å². The summed E-state index contributed by atoms with van der Waals surface area (Å²) in [5.41, 5.74) is 0.952. The first kappa shape index (κ1) is 9.08. The van der Waals surface area contributed by atoms with E-state index in [9.17, 15) is 10.1 Å². The molecular formula is C9H11N3O2. The van der Waals surface area contributed by atoms with Crippen LogP contribution in [0.3, 0.4) is 0 Å². The average Bonchev–Trinajstić information content (AvgIpc) is 2.12. The molecule has 0 spiro atoms. The molecule has 0 N–H and O–H groups in total. The number of nitrogens with zero attached hydrogens (tertiary/aromatic N) is 3. The fourth-order valence-corrected chi connectivity index (χ4v) is 1.39. The first-order chi connectivity index (χ1) is 6.75.